The largest absolute Gasteiger partial charge is 0.472 e. The molecule has 0 spiro atoms. The molecule has 0 fully saturated rings. The molecule has 0 saturated heterocycles. The zero-order valence-electron chi connectivity index (χ0n) is 28.4. The second kappa shape index (κ2) is 27.3. The van der Waals surface area contributed by atoms with Gasteiger partial charge in [-0.05, 0) is 32.1 Å². The van der Waals surface area contributed by atoms with Crippen LogP contribution >= 0.6 is 7.82 Å². The predicted octanol–water partition coefficient (Wildman–Crippen LogP) is 8.24. The quantitative estimate of drug-likeness (QED) is 0.0319. The van der Waals surface area contributed by atoms with Crippen LogP contribution in [0, 0.1) is 0 Å². The monoisotopic (exact) mass is 631 g/mol. The first-order valence-electron chi connectivity index (χ1n) is 17.2. The number of likely N-dealkylation sites (N-methyl/N-ethyl adjacent to an activating group) is 1. The number of aliphatic hydroxyl groups is 1. The highest BCUT2D eigenvalue weighted by Gasteiger charge is 2.27. The van der Waals surface area contributed by atoms with E-state index in [0.29, 0.717) is 17.4 Å². The molecule has 43 heavy (non-hydrogen) atoms. The van der Waals surface area contributed by atoms with Gasteiger partial charge in [0.2, 0.25) is 5.91 Å². The summed E-state index contributed by atoms with van der Waals surface area (Å²) in [6.45, 7) is 4.70. The number of nitrogens with one attached hydrogen (secondary N) is 1. The highest BCUT2D eigenvalue weighted by Crippen LogP contribution is 2.43. The fourth-order valence-electron chi connectivity index (χ4n) is 4.58. The molecule has 0 saturated carbocycles. The van der Waals surface area contributed by atoms with E-state index in [0.717, 1.165) is 38.5 Å². The standard InChI is InChI=1S/C34H67N2O6P/c1-6-8-10-12-14-15-16-17-18-19-20-22-23-25-27-33(37)32(31-42-43(39,40)41-30-29-36(3,4)5)35-34(38)28-26-24-21-13-11-9-7-2/h19-20,25,27,32-33,37H,6-18,21-24,26,28-31H2,1-5H3,(H-,35,38,39,40)/p+1/b20-19+,27-25+. The molecule has 3 unspecified atom stereocenters. The third-order valence-electron chi connectivity index (χ3n) is 7.42. The van der Waals surface area contributed by atoms with E-state index < -0.39 is 20.0 Å². The summed E-state index contributed by atoms with van der Waals surface area (Å²) in [5.41, 5.74) is 0. The molecule has 0 rings (SSSR count). The number of aliphatic hydroxyl groups excluding tert-OH is 1. The number of nitrogens with zero attached hydrogens (tertiary/aromatic N) is 1. The van der Waals surface area contributed by atoms with Crippen LogP contribution in [0.1, 0.15) is 136 Å². The summed E-state index contributed by atoms with van der Waals surface area (Å²) < 4.78 is 23.3. The van der Waals surface area contributed by atoms with Crippen molar-refractivity contribution in [3.63, 3.8) is 0 Å². The fraction of sp³-hybridized carbons (Fsp3) is 0.853. The maximum Gasteiger partial charge on any atom is 0.472 e. The van der Waals surface area contributed by atoms with Crippen LogP contribution in [0.25, 0.3) is 0 Å². The Labute approximate surface area is 264 Å². The number of allylic oxidation sites excluding steroid dienone is 3. The average molecular weight is 632 g/mol. The molecular weight excluding hydrogens is 563 g/mol. The summed E-state index contributed by atoms with van der Waals surface area (Å²) in [5.74, 6) is -0.197. The SMILES string of the molecule is CCCCCCCCCC/C=C/CC/C=C/C(O)C(COP(=O)(O)OCC[N+](C)(C)C)NC(=O)CCCCCCCCC. The van der Waals surface area contributed by atoms with Gasteiger partial charge in [-0.25, -0.2) is 4.57 Å². The Hall–Kier alpha value is -1.02. The van der Waals surface area contributed by atoms with E-state index in [2.05, 4.69) is 31.3 Å². The Morgan fingerprint density at radius 2 is 1.28 bits per heavy atom. The minimum absolute atomic E-state index is 0.0571. The number of carbonyl (C=O) groups is 1. The highest BCUT2D eigenvalue weighted by atomic mass is 31.2. The van der Waals surface area contributed by atoms with Crippen molar-refractivity contribution >= 4 is 13.7 Å². The fourth-order valence-corrected chi connectivity index (χ4v) is 5.32. The molecule has 9 heteroatoms. The first kappa shape index (κ1) is 42.0. The second-order valence-electron chi connectivity index (χ2n) is 12.9. The van der Waals surface area contributed by atoms with Gasteiger partial charge in [0.25, 0.3) is 0 Å². The molecular formula is C34H68N2O6P+. The van der Waals surface area contributed by atoms with Crippen LogP contribution in [0.4, 0.5) is 0 Å². The van der Waals surface area contributed by atoms with Gasteiger partial charge < -0.3 is 19.8 Å². The topological polar surface area (TPSA) is 105 Å². The summed E-state index contributed by atoms with van der Waals surface area (Å²) in [6, 6.07) is -0.853. The lowest BCUT2D eigenvalue weighted by Gasteiger charge is -2.25. The molecule has 254 valence electrons. The molecule has 0 aliphatic carbocycles. The van der Waals surface area contributed by atoms with E-state index in [1.165, 1.54) is 77.0 Å². The Kier molecular flexibility index (Phi) is 26.7. The van der Waals surface area contributed by atoms with Crippen molar-refractivity contribution in [3.05, 3.63) is 24.3 Å². The van der Waals surface area contributed by atoms with Crippen molar-refractivity contribution in [2.45, 2.75) is 148 Å². The van der Waals surface area contributed by atoms with Gasteiger partial charge in [-0.15, -0.1) is 0 Å². The summed E-state index contributed by atoms with van der Waals surface area (Å²) in [4.78, 5) is 22.8. The van der Waals surface area contributed by atoms with Crippen LogP contribution < -0.4 is 5.32 Å². The van der Waals surface area contributed by atoms with E-state index in [1.54, 1.807) is 6.08 Å². The van der Waals surface area contributed by atoms with Crippen LogP contribution in [-0.2, 0) is 18.4 Å². The number of rotatable bonds is 30. The third-order valence-corrected chi connectivity index (χ3v) is 8.41. The van der Waals surface area contributed by atoms with Gasteiger partial charge >= 0.3 is 7.82 Å². The molecule has 1 amide bonds. The number of amides is 1. The molecule has 0 bridgehead atoms. The van der Waals surface area contributed by atoms with Crippen LogP contribution in [0.15, 0.2) is 24.3 Å². The van der Waals surface area contributed by atoms with E-state index in [1.807, 2.05) is 27.2 Å². The number of hydrogen-bond donors (Lipinski definition) is 3. The second-order valence-corrected chi connectivity index (χ2v) is 14.3. The van der Waals surface area contributed by atoms with Crippen LogP contribution in [-0.4, -0.2) is 73.4 Å². The lowest BCUT2D eigenvalue weighted by atomic mass is 10.1. The molecule has 0 aromatic carbocycles. The van der Waals surface area contributed by atoms with Crippen molar-refractivity contribution in [1.29, 1.82) is 0 Å². The number of phosphoric ester groups is 1. The van der Waals surface area contributed by atoms with Crippen molar-refractivity contribution in [1.82, 2.24) is 5.32 Å². The molecule has 3 N–H and O–H groups in total. The molecule has 0 aromatic rings. The molecule has 3 atom stereocenters. The Balaban J connectivity index is 4.63. The summed E-state index contributed by atoms with van der Waals surface area (Å²) in [6.07, 6.45) is 28.3. The molecule has 0 radical (unpaired) electrons. The van der Waals surface area contributed by atoms with E-state index in [9.17, 15) is 19.4 Å². The Morgan fingerprint density at radius 3 is 1.86 bits per heavy atom. The molecule has 0 aliphatic rings. The number of carbonyl (C=O) groups excluding carboxylic acids is 1. The van der Waals surface area contributed by atoms with Gasteiger partial charge in [0.05, 0.1) is 39.9 Å². The maximum atomic E-state index is 12.6. The first-order valence-corrected chi connectivity index (χ1v) is 18.7. The maximum absolute atomic E-state index is 12.6. The first-order chi connectivity index (χ1) is 20.5. The van der Waals surface area contributed by atoms with Gasteiger partial charge in [0.15, 0.2) is 0 Å². The van der Waals surface area contributed by atoms with Crippen LogP contribution in [0.3, 0.4) is 0 Å². The zero-order valence-corrected chi connectivity index (χ0v) is 29.3. The third kappa shape index (κ3) is 29.5. The van der Waals surface area contributed by atoms with Crippen molar-refractivity contribution in [2.24, 2.45) is 0 Å². The number of unbranched alkanes of at least 4 members (excludes halogenated alkanes) is 15. The molecule has 0 heterocycles. The molecule has 0 aromatic heterocycles. The van der Waals surface area contributed by atoms with E-state index >= 15 is 0 Å². The van der Waals surface area contributed by atoms with Gasteiger partial charge in [-0.1, -0.05) is 122 Å². The van der Waals surface area contributed by atoms with Gasteiger partial charge in [0.1, 0.15) is 13.2 Å². The lowest BCUT2D eigenvalue weighted by molar-refractivity contribution is -0.870. The predicted molar refractivity (Wildman–Crippen MR) is 180 cm³/mol. The Bertz CT molecular complexity index is 768. The minimum atomic E-state index is -4.32. The number of phosphoric acid groups is 1. The van der Waals surface area contributed by atoms with E-state index in [4.69, 9.17) is 9.05 Å². The highest BCUT2D eigenvalue weighted by molar-refractivity contribution is 7.47. The molecule has 0 aliphatic heterocycles. The van der Waals surface area contributed by atoms with Crippen LogP contribution in [0.5, 0.6) is 0 Å². The smallest absolute Gasteiger partial charge is 0.387 e. The van der Waals surface area contributed by atoms with Crippen LogP contribution in [0.2, 0.25) is 0 Å². The van der Waals surface area contributed by atoms with Gasteiger partial charge in [-0.3, -0.25) is 13.8 Å². The minimum Gasteiger partial charge on any atom is -0.387 e. The number of quaternary nitrogens is 1. The Morgan fingerprint density at radius 1 is 0.767 bits per heavy atom. The zero-order chi connectivity index (χ0) is 32.2. The van der Waals surface area contributed by atoms with Gasteiger partial charge in [-0.2, -0.15) is 0 Å². The summed E-state index contributed by atoms with van der Waals surface area (Å²) in [5, 5.41) is 13.6. The van der Waals surface area contributed by atoms with Crippen molar-refractivity contribution in [2.75, 3.05) is 40.9 Å². The normalized spacial score (nSPS) is 15.2. The van der Waals surface area contributed by atoms with Crippen molar-refractivity contribution in [3.8, 4) is 0 Å². The summed E-state index contributed by atoms with van der Waals surface area (Å²) in [7, 11) is 1.55. The average Bonchev–Trinajstić information content (AvgIpc) is 2.94. The lowest BCUT2D eigenvalue weighted by Crippen LogP contribution is -2.45. The number of hydrogen-bond acceptors (Lipinski definition) is 5. The molecule has 8 nitrogen and oxygen atoms in total. The van der Waals surface area contributed by atoms with E-state index in [-0.39, 0.29) is 19.1 Å². The van der Waals surface area contributed by atoms with Crippen molar-refractivity contribution < 1.29 is 32.9 Å². The summed E-state index contributed by atoms with van der Waals surface area (Å²) >= 11 is 0. The van der Waals surface area contributed by atoms with Gasteiger partial charge in [0, 0.05) is 6.42 Å².